The van der Waals surface area contributed by atoms with E-state index >= 15 is 0 Å². The van der Waals surface area contributed by atoms with Crippen molar-refractivity contribution in [3.8, 4) is 33.4 Å². The largest absolute Gasteiger partial charge is 0.455 e. The molecule has 0 saturated carbocycles. The fraction of sp³-hybridized carbons (Fsp3) is 0.115. The van der Waals surface area contributed by atoms with Gasteiger partial charge in [-0.2, -0.15) is 0 Å². The Hall–Kier alpha value is -6.18. The van der Waals surface area contributed by atoms with Crippen molar-refractivity contribution in [2.45, 2.75) is 40.5 Å². The first kappa shape index (κ1) is 32.7. The quantitative estimate of drug-likeness (QED) is 0.169. The Labute approximate surface area is 311 Å². The topological polar surface area (TPSA) is 13.1 Å². The number of hydrogen-bond donors (Lipinski definition) is 0. The second-order valence-electron chi connectivity index (χ2n) is 13.9. The molecule has 256 valence electrons. The van der Waals surface area contributed by atoms with E-state index in [-0.39, 0.29) is 0 Å². The number of rotatable bonds is 3. The second-order valence-corrected chi connectivity index (χ2v) is 13.9. The van der Waals surface area contributed by atoms with E-state index in [1.54, 1.807) is 0 Å². The molecular formula is C52H42O. The Bertz CT molecular complexity index is 2810. The first-order valence-electron chi connectivity index (χ1n) is 19.0. The predicted molar refractivity (Wildman–Crippen MR) is 230 cm³/mol. The Kier molecular flexibility index (Phi) is 8.28. The van der Waals surface area contributed by atoms with Gasteiger partial charge in [0.05, 0.1) is 0 Å². The summed E-state index contributed by atoms with van der Waals surface area (Å²) in [4.78, 5) is 0. The molecule has 0 aliphatic heterocycles. The second kappa shape index (κ2) is 13.4. The van der Waals surface area contributed by atoms with E-state index in [1.165, 1.54) is 82.7 Å². The van der Waals surface area contributed by atoms with E-state index < -0.39 is 0 Å². The van der Waals surface area contributed by atoms with Gasteiger partial charge in [0.2, 0.25) is 0 Å². The van der Waals surface area contributed by atoms with Crippen molar-refractivity contribution >= 4 is 61.7 Å². The highest BCUT2D eigenvalue weighted by Crippen LogP contribution is 2.48. The van der Waals surface area contributed by atoms with Gasteiger partial charge in [-0.25, -0.2) is 0 Å². The smallest absolute Gasteiger partial charge is 0.143 e. The van der Waals surface area contributed by atoms with Crippen LogP contribution < -0.4 is 0 Å². The van der Waals surface area contributed by atoms with Crippen LogP contribution in [0.4, 0.5) is 0 Å². The molecule has 8 aromatic rings. The van der Waals surface area contributed by atoms with Crippen LogP contribution in [0.3, 0.4) is 0 Å². The van der Waals surface area contributed by atoms with Gasteiger partial charge < -0.3 is 4.42 Å². The maximum absolute atomic E-state index is 6.60. The third kappa shape index (κ3) is 5.22. The summed E-state index contributed by atoms with van der Waals surface area (Å²) in [5.41, 5.74) is 17.4. The Morgan fingerprint density at radius 2 is 1.13 bits per heavy atom. The minimum atomic E-state index is 0.918. The summed E-state index contributed by atoms with van der Waals surface area (Å²) >= 11 is 0. The summed E-state index contributed by atoms with van der Waals surface area (Å²) < 4.78 is 6.60. The summed E-state index contributed by atoms with van der Waals surface area (Å²) in [5.74, 6) is 0. The van der Waals surface area contributed by atoms with Gasteiger partial charge in [-0.15, -0.1) is 0 Å². The van der Waals surface area contributed by atoms with E-state index in [0.717, 1.165) is 40.3 Å². The molecule has 2 aliphatic rings. The van der Waals surface area contributed by atoms with Crippen LogP contribution >= 0.6 is 0 Å². The van der Waals surface area contributed by atoms with E-state index in [9.17, 15) is 0 Å². The Morgan fingerprint density at radius 1 is 0.491 bits per heavy atom. The lowest BCUT2D eigenvalue weighted by Crippen LogP contribution is -2.03. The molecule has 1 heterocycles. The van der Waals surface area contributed by atoms with Crippen molar-refractivity contribution in [1.82, 2.24) is 0 Å². The summed E-state index contributed by atoms with van der Waals surface area (Å²) in [6.07, 6.45) is 20.1. The van der Waals surface area contributed by atoms with E-state index in [0.29, 0.717) is 0 Å². The molecule has 0 N–H and O–H groups in total. The van der Waals surface area contributed by atoms with Crippen LogP contribution in [0, 0.1) is 13.8 Å². The fourth-order valence-electron chi connectivity index (χ4n) is 8.79. The van der Waals surface area contributed by atoms with E-state index in [4.69, 9.17) is 4.42 Å². The van der Waals surface area contributed by atoms with E-state index in [2.05, 4.69) is 166 Å². The lowest BCUT2D eigenvalue weighted by molar-refractivity contribution is 0.670. The van der Waals surface area contributed by atoms with Crippen molar-refractivity contribution in [3.05, 3.63) is 173 Å². The summed E-state index contributed by atoms with van der Waals surface area (Å²) in [7, 11) is 0. The molecule has 0 amide bonds. The highest BCUT2D eigenvalue weighted by atomic mass is 16.3. The molecule has 0 atom stereocenters. The highest BCUT2D eigenvalue weighted by Gasteiger charge is 2.23. The van der Waals surface area contributed by atoms with Gasteiger partial charge >= 0.3 is 0 Å². The van der Waals surface area contributed by atoms with Gasteiger partial charge in [0, 0.05) is 21.9 Å². The normalized spacial score (nSPS) is 13.2. The third-order valence-corrected chi connectivity index (χ3v) is 11.1. The maximum atomic E-state index is 6.60. The van der Waals surface area contributed by atoms with Crippen LogP contribution in [0.15, 0.2) is 144 Å². The molecule has 1 aromatic heterocycles. The number of allylic oxidation sites excluding steroid dienone is 5. The molecule has 0 unspecified atom stereocenters. The molecule has 0 radical (unpaired) electrons. The van der Waals surface area contributed by atoms with Crippen molar-refractivity contribution < 1.29 is 4.42 Å². The molecule has 7 aromatic carbocycles. The number of hydrogen-bond acceptors (Lipinski definition) is 1. The molecule has 1 heteroatoms. The fourth-order valence-corrected chi connectivity index (χ4v) is 8.79. The van der Waals surface area contributed by atoms with Gasteiger partial charge in [-0.3, -0.25) is 0 Å². The van der Waals surface area contributed by atoms with Gasteiger partial charge in [0.1, 0.15) is 11.2 Å². The monoisotopic (exact) mass is 682 g/mol. The van der Waals surface area contributed by atoms with Crippen molar-refractivity contribution in [3.63, 3.8) is 0 Å². The highest BCUT2D eigenvalue weighted by molar-refractivity contribution is 6.24. The molecule has 53 heavy (non-hydrogen) atoms. The molecule has 2 aliphatic carbocycles. The standard InChI is InChI=1S/C50H36O.C2H6/c1-31-30-33(28-29-34(31)47-32(2)35-16-5-3-6-17-36(35)37-18-7-4-8-20-39(37)47)48-40-21-9-11-23-42(40)49(43-24-12-10-22-41(43)48)45-26-15-25-44-38-19-13-14-27-46(38)51-50(44)45;1-2/h3,5-15,17-30H,4,16H2,1-2H3;1-2H3. The van der Waals surface area contributed by atoms with Crippen LogP contribution in [-0.4, -0.2) is 0 Å². The summed E-state index contributed by atoms with van der Waals surface area (Å²) in [6, 6.07) is 39.9. The van der Waals surface area contributed by atoms with Crippen LogP contribution in [0.2, 0.25) is 0 Å². The average Bonchev–Trinajstić information content (AvgIpc) is 3.33. The number of aryl methyl sites for hydroxylation is 1. The van der Waals surface area contributed by atoms with Gasteiger partial charge in [-0.1, -0.05) is 166 Å². The van der Waals surface area contributed by atoms with Crippen LogP contribution in [0.1, 0.15) is 53.6 Å². The first-order valence-corrected chi connectivity index (χ1v) is 19.0. The molecule has 1 nitrogen and oxygen atoms in total. The lowest BCUT2D eigenvalue weighted by atomic mass is 9.81. The number of furan rings is 1. The first-order chi connectivity index (χ1) is 26.2. The minimum absolute atomic E-state index is 0.918. The van der Waals surface area contributed by atoms with Gasteiger partial charge in [0.15, 0.2) is 0 Å². The molecule has 10 rings (SSSR count). The molecule has 0 spiro atoms. The molecule has 0 saturated heterocycles. The van der Waals surface area contributed by atoms with Gasteiger partial charge in [0.25, 0.3) is 0 Å². The minimum Gasteiger partial charge on any atom is -0.455 e. The van der Waals surface area contributed by atoms with Crippen LogP contribution in [0.5, 0.6) is 0 Å². The van der Waals surface area contributed by atoms with Gasteiger partial charge in [-0.05, 0) is 110 Å². The Balaban J connectivity index is 0.00000183. The van der Waals surface area contributed by atoms with Crippen LogP contribution in [0.25, 0.3) is 95.1 Å². The Morgan fingerprint density at radius 3 is 1.85 bits per heavy atom. The maximum Gasteiger partial charge on any atom is 0.143 e. The number of fused-ring (bicyclic) bond motifs is 8. The number of para-hydroxylation sites is 2. The zero-order chi connectivity index (χ0) is 36.1. The molecule has 0 fully saturated rings. The van der Waals surface area contributed by atoms with Crippen molar-refractivity contribution in [2.24, 2.45) is 0 Å². The third-order valence-electron chi connectivity index (χ3n) is 11.1. The SMILES string of the molecule is CC.Cc1cc(-c2c3ccccc3c(-c3cccc4c3oc3ccccc34)c3ccccc23)ccc1-c1c(C)c2c(c3c1C=CCC=C3)C=CC=CC2. The van der Waals surface area contributed by atoms with Crippen LogP contribution in [-0.2, 0) is 6.42 Å². The summed E-state index contributed by atoms with van der Waals surface area (Å²) in [5, 5.41) is 7.24. The lowest BCUT2D eigenvalue weighted by Gasteiger charge is -2.23. The van der Waals surface area contributed by atoms with Crippen molar-refractivity contribution in [2.75, 3.05) is 0 Å². The summed E-state index contributed by atoms with van der Waals surface area (Å²) in [6.45, 7) is 8.60. The molecule has 0 bridgehead atoms. The zero-order valence-electron chi connectivity index (χ0n) is 30.8. The predicted octanol–water partition coefficient (Wildman–Crippen LogP) is 15.1. The van der Waals surface area contributed by atoms with Crippen molar-refractivity contribution in [1.29, 1.82) is 0 Å². The zero-order valence-corrected chi connectivity index (χ0v) is 30.8. The number of benzene rings is 7. The average molecular weight is 683 g/mol. The molecular weight excluding hydrogens is 641 g/mol. The van der Waals surface area contributed by atoms with E-state index in [1.807, 2.05) is 19.9 Å².